The van der Waals surface area contributed by atoms with Gasteiger partial charge in [-0.1, -0.05) is 11.6 Å². The smallest absolute Gasteiger partial charge is 0.252 e. The highest BCUT2D eigenvalue weighted by Gasteiger charge is 2.14. The number of benzene rings is 1. The van der Waals surface area contributed by atoms with Crippen LogP contribution >= 0.6 is 27.5 Å². The summed E-state index contributed by atoms with van der Waals surface area (Å²) in [5.74, 6) is -0.0588. The van der Waals surface area contributed by atoms with Crippen LogP contribution in [-0.4, -0.2) is 25.0 Å². The van der Waals surface area contributed by atoms with E-state index in [-0.39, 0.29) is 5.91 Å². The number of amides is 1. The average Bonchev–Trinajstić information content (AvgIpc) is 2.81. The maximum absolute atomic E-state index is 11.9. The molecular weight excluding hydrogens is 316 g/mol. The lowest BCUT2D eigenvalue weighted by molar-refractivity contribution is 0.0951. The third-order valence-electron chi connectivity index (χ3n) is 3.12. The second-order valence-corrected chi connectivity index (χ2v) is 5.75. The lowest BCUT2D eigenvalue weighted by Gasteiger charge is -2.11. The third kappa shape index (κ3) is 3.70. The first-order chi connectivity index (χ1) is 8.66. The summed E-state index contributed by atoms with van der Waals surface area (Å²) in [6.07, 6.45) is 3.43. The first-order valence-electron chi connectivity index (χ1n) is 6.13. The molecule has 0 aromatic heterocycles. The van der Waals surface area contributed by atoms with Gasteiger partial charge in [0.25, 0.3) is 5.91 Å². The van der Waals surface area contributed by atoms with E-state index in [9.17, 15) is 4.79 Å². The van der Waals surface area contributed by atoms with E-state index in [4.69, 9.17) is 11.6 Å². The van der Waals surface area contributed by atoms with E-state index < -0.39 is 0 Å². The Bertz CT molecular complexity index is 433. The quantitative estimate of drug-likeness (QED) is 0.890. The van der Waals surface area contributed by atoms with Gasteiger partial charge >= 0.3 is 0 Å². The molecule has 18 heavy (non-hydrogen) atoms. The van der Waals surface area contributed by atoms with Gasteiger partial charge in [0.2, 0.25) is 0 Å². The summed E-state index contributed by atoms with van der Waals surface area (Å²) in [5, 5.41) is 6.96. The average molecular weight is 332 g/mol. The molecule has 1 unspecified atom stereocenters. The molecule has 1 atom stereocenters. The fourth-order valence-electron chi connectivity index (χ4n) is 2.13. The van der Waals surface area contributed by atoms with Crippen LogP contribution in [-0.2, 0) is 0 Å². The van der Waals surface area contributed by atoms with Crippen molar-refractivity contribution in [3.63, 3.8) is 0 Å². The van der Waals surface area contributed by atoms with Gasteiger partial charge in [0.1, 0.15) is 0 Å². The van der Waals surface area contributed by atoms with Crippen LogP contribution in [0.2, 0.25) is 5.02 Å². The molecule has 1 aromatic rings. The minimum Gasteiger partial charge on any atom is -0.352 e. The van der Waals surface area contributed by atoms with Gasteiger partial charge in [0.15, 0.2) is 0 Å². The zero-order chi connectivity index (χ0) is 13.0. The minimum absolute atomic E-state index is 0.0588. The number of carbonyl (C=O) groups excluding carboxylic acids is 1. The highest BCUT2D eigenvalue weighted by Crippen LogP contribution is 2.21. The Balaban J connectivity index is 1.83. The van der Waals surface area contributed by atoms with Gasteiger partial charge in [-0.15, -0.1) is 0 Å². The van der Waals surface area contributed by atoms with Crippen molar-refractivity contribution < 1.29 is 4.79 Å². The van der Waals surface area contributed by atoms with Gasteiger partial charge in [-0.3, -0.25) is 4.79 Å². The van der Waals surface area contributed by atoms with Crippen molar-refractivity contribution in [3.8, 4) is 0 Å². The molecule has 0 bridgehead atoms. The van der Waals surface area contributed by atoms with Crippen LogP contribution in [0.3, 0.4) is 0 Å². The first kappa shape index (κ1) is 13.8. The molecule has 2 rings (SSSR count). The molecule has 1 aliphatic rings. The normalized spacial score (nSPS) is 18.9. The molecule has 5 heteroatoms. The summed E-state index contributed by atoms with van der Waals surface area (Å²) < 4.78 is 0.728. The van der Waals surface area contributed by atoms with E-state index in [0.717, 1.165) is 17.4 Å². The van der Waals surface area contributed by atoms with Gasteiger partial charge < -0.3 is 10.6 Å². The van der Waals surface area contributed by atoms with Gasteiger partial charge in [0.05, 0.1) is 5.56 Å². The highest BCUT2D eigenvalue weighted by molar-refractivity contribution is 9.10. The molecule has 1 saturated heterocycles. The Morgan fingerprint density at radius 1 is 1.56 bits per heavy atom. The fraction of sp³-hybridized carbons (Fsp3) is 0.462. The molecule has 0 spiro atoms. The van der Waals surface area contributed by atoms with Gasteiger partial charge in [0, 0.05) is 22.1 Å². The Kier molecular flexibility index (Phi) is 5.03. The molecular formula is C13H16BrClN2O. The van der Waals surface area contributed by atoms with Gasteiger partial charge in [-0.2, -0.15) is 0 Å². The van der Waals surface area contributed by atoms with Crippen molar-refractivity contribution in [1.29, 1.82) is 0 Å². The number of nitrogens with one attached hydrogen (secondary N) is 2. The van der Waals surface area contributed by atoms with Crippen LogP contribution in [0.15, 0.2) is 22.7 Å². The molecule has 1 amide bonds. The minimum atomic E-state index is -0.0588. The summed E-state index contributed by atoms with van der Waals surface area (Å²) in [6, 6.07) is 5.74. The Labute approximate surface area is 120 Å². The van der Waals surface area contributed by atoms with Crippen LogP contribution in [0.4, 0.5) is 0 Å². The molecule has 0 radical (unpaired) electrons. The standard InChI is InChI=1S/C13H16BrClN2O/c14-12-8-9(15)3-4-11(12)13(18)17-7-5-10-2-1-6-16-10/h3-4,8,10,16H,1-2,5-7H2,(H,17,18). The predicted molar refractivity (Wildman–Crippen MR) is 77.1 cm³/mol. The zero-order valence-electron chi connectivity index (χ0n) is 10.0. The molecule has 0 aliphatic carbocycles. The Morgan fingerprint density at radius 2 is 2.39 bits per heavy atom. The topological polar surface area (TPSA) is 41.1 Å². The van der Waals surface area contributed by atoms with Crippen LogP contribution in [0.25, 0.3) is 0 Å². The zero-order valence-corrected chi connectivity index (χ0v) is 12.4. The number of hydrogen-bond acceptors (Lipinski definition) is 2. The van der Waals surface area contributed by atoms with Crippen molar-refractivity contribution in [2.24, 2.45) is 0 Å². The van der Waals surface area contributed by atoms with E-state index in [1.807, 2.05) is 0 Å². The van der Waals surface area contributed by atoms with Crippen LogP contribution in [0, 0.1) is 0 Å². The number of hydrogen-bond donors (Lipinski definition) is 2. The molecule has 0 saturated carbocycles. The van der Waals surface area contributed by atoms with E-state index >= 15 is 0 Å². The maximum atomic E-state index is 11.9. The molecule has 3 nitrogen and oxygen atoms in total. The molecule has 1 heterocycles. The van der Waals surface area contributed by atoms with E-state index in [2.05, 4.69) is 26.6 Å². The summed E-state index contributed by atoms with van der Waals surface area (Å²) >= 11 is 9.19. The molecule has 1 aliphatic heterocycles. The van der Waals surface area contributed by atoms with Crippen molar-refractivity contribution in [2.75, 3.05) is 13.1 Å². The Hall–Kier alpha value is -0.580. The fourth-order valence-corrected chi connectivity index (χ4v) is 2.99. The number of halogens is 2. The first-order valence-corrected chi connectivity index (χ1v) is 7.30. The summed E-state index contributed by atoms with van der Waals surface area (Å²) in [5.41, 5.74) is 0.624. The number of carbonyl (C=O) groups is 1. The lowest BCUT2D eigenvalue weighted by atomic mass is 10.1. The van der Waals surface area contributed by atoms with Gasteiger partial charge in [-0.25, -0.2) is 0 Å². The van der Waals surface area contributed by atoms with Crippen molar-refractivity contribution in [2.45, 2.75) is 25.3 Å². The molecule has 98 valence electrons. The van der Waals surface area contributed by atoms with Crippen molar-refractivity contribution >= 4 is 33.4 Å². The van der Waals surface area contributed by atoms with Crippen LogP contribution in [0.5, 0.6) is 0 Å². The van der Waals surface area contributed by atoms with Crippen molar-refractivity contribution in [3.05, 3.63) is 33.3 Å². The summed E-state index contributed by atoms with van der Waals surface area (Å²) in [7, 11) is 0. The predicted octanol–water partition coefficient (Wildman–Crippen LogP) is 2.97. The van der Waals surface area contributed by atoms with Gasteiger partial charge in [-0.05, 0) is 59.9 Å². The Morgan fingerprint density at radius 3 is 3.06 bits per heavy atom. The monoisotopic (exact) mass is 330 g/mol. The third-order valence-corrected chi connectivity index (χ3v) is 4.01. The highest BCUT2D eigenvalue weighted by atomic mass is 79.9. The largest absolute Gasteiger partial charge is 0.352 e. The maximum Gasteiger partial charge on any atom is 0.252 e. The summed E-state index contributed by atoms with van der Waals surface area (Å²) in [4.78, 5) is 11.9. The van der Waals surface area contributed by atoms with Crippen LogP contribution < -0.4 is 10.6 Å². The van der Waals surface area contributed by atoms with Crippen molar-refractivity contribution in [1.82, 2.24) is 10.6 Å². The second-order valence-electron chi connectivity index (χ2n) is 4.46. The van der Waals surface area contributed by atoms with E-state index in [1.54, 1.807) is 18.2 Å². The van der Waals surface area contributed by atoms with Crippen LogP contribution in [0.1, 0.15) is 29.6 Å². The SMILES string of the molecule is O=C(NCCC1CCCN1)c1ccc(Cl)cc1Br. The molecule has 1 aromatic carbocycles. The second kappa shape index (κ2) is 6.55. The number of rotatable bonds is 4. The van der Waals surface area contributed by atoms with E-state index in [1.165, 1.54) is 12.8 Å². The summed E-state index contributed by atoms with van der Waals surface area (Å²) in [6.45, 7) is 1.80. The molecule has 1 fully saturated rings. The van der Waals surface area contributed by atoms with E-state index in [0.29, 0.717) is 23.2 Å². The lowest BCUT2D eigenvalue weighted by Crippen LogP contribution is -2.30. The molecule has 2 N–H and O–H groups in total.